The first-order chi connectivity index (χ1) is 4.88. The summed E-state index contributed by atoms with van der Waals surface area (Å²) >= 11 is 7.45. The predicted octanol–water partition coefficient (Wildman–Crippen LogP) is 2.95. The van der Waals surface area contributed by atoms with E-state index < -0.39 is 0 Å². The molecule has 1 heterocycles. The molecule has 0 fully saturated rings. The van der Waals surface area contributed by atoms with E-state index in [2.05, 4.69) is 4.98 Å². The van der Waals surface area contributed by atoms with Crippen LogP contribution >= 0.6 is 22.9 Å². The van der Waals surface area contributed by atoms with Crippen molar-refractivity contribution in [2.24, 2.45) is 0 Å². The third-order valence-electron chi connectivity index (χ3n) is 1.31. The van der Waals surface area contributed by atoms with Crippen LogP contribution < -0.4 is 0 Å². The van der Waals surface area contributed by atoms with Crippen molar-refractivity contribution in [1.29, 1.82) is 0 Å². The molecule has 0 saturated heterocycles. The largest absolute Gasteiger partial charge is 0.243 e. The molecule has 1 nitrogen and oxygen atoms in total. The van der Waals surface area contributed by atoms with Gasteiger partial charge in [0.1, 0.15) is 0 Å². The molecule has 0 saturated carbocycles. The van der Waals surface area contributed by atoms with E-state index in [9.17, 15) is 0 Å². The first kappa shape index (κ1) is 6.13. The smallest absolute Gasteiger partial charge is 0.0998 e. The minimum Gasteiger partial charge on any atom is -0.243 e. The number of rotatable bonds is 0. The van der Waals surface area contributed by atoms with Crippen LogP contribution in [0.2, 0.25) is 5.02 Å². The summed E-state index contributed by atoms with van der Waals surface area (Å²) in [7, 11) is 0. The van der Waals surface area contributed by atoms with Crippen LogP contribution in [0.15, 0.2) is 23.7 Å². The molecule has 0 spiro atoms. The van der Waals surface area contributed by atoms with Gasteiger partial charge >= 0.3 is 0 Å². The Morgan fingerprint density at radius 2 is 2.30 bits per heavy atom. The van der Waals surface area contributed by atoms with E-state index in [0.717, 1.165) is 15.2 Å². The zero-order chi connectivity index (χ0) is 6.97. The number of hydrogen-bond donors (Lipinski definition) is 0. The first-order valence-electron chi connectivity index (χ1n) is 2.85. The fraction of sp³-hybridized carbons (Fsp3) is 0. The van der Waals surface area contributed by atoms with Gasteiger partial charge in [-0.3, -0.25) is 0 Å². The fourth-order valence-corrected chi connectivity index (χ4v) is 1.83. The van der Waals surface area contributed by atoms with Crippen molar-refractivity contribution in [2.45, 2.75) is 0 Å². The lowest BCUT2D eigenvalue weighted by Gasteiger charge is -1.87. The summed E-state index contributed by atoms with van der Waals surface area (Å²) in [5.74, 6) is 0. The summed E-state index contributed by atoms with van der Waals surface area (Å²) in [6.07, 6.45) is 0. The lowest BCUT2D eigenvalue weighted by Crippen LogP contribution is -1.66. The van der Waals surface area contributed by atoms with Crippen molar-refractivity contribution < 1.29 is 0 Å². The monoisotopic (exact) mass is 169 g/mol. The van der Waals surface area contributed by atoms with Crippen molar-refractivity contribution in [1.82, 2.24) is 4.98 Å². The average Bonchev–Trinajstić information content (AvgIpc) is 2.36. The van der Waals surface area contributed by atoms with E-state index in [1.54, 1.807) is 16.8 Å². The highest BCUT2D eigenvalue weighted by Gasteiger charge is 1.98. The Labute approximate surface area is 67.3 Å². The van der Waals surface area contributed by atoms with Gasteiger partial charge in [-0.1, -0.05) is 17.7 Å². The van der Waals surface area contributed by atoms with Gasteiger partial charge in [-0.15, -0.1) is 11.3 Å². The SMILES string of the molecule is Clc1cccc2scnc12. The molecule has 0 aliphatic rings. The molecule has 0 unspecified atom stereocenters. The molecule has 0 aliphatic heterocycles. The van der Waals surface area contributed by atoms with Crippen LogP contribution in [0.25, 0.3) is 10.2 Å². The van der Waals surface area contributed by atoms with E-state index in [1.165, 1.54) is 0 Å². The van der Waals surface area contributed by atoms with E-state index in [4.69, 9.17) is 11.6 Å². The second-order valence-electron chi connectivity index (χ2n) is 1.94. The lowest BCUT2D eigenvalue weighted by molar-refractivity contribution is 1.50. The number of benzene rings is 1. The minimum atomic E-state index is 0.735. The second kappa shape index (κ2) is 2.22. The molecule has 0 aliphatic carbocycles. The van der Waals surface area contributed by atoms with Crippen molar-refractivity contribution in [3.63, 3.8) is 0 Å². The number of hydrogen-bond acceptors (Lipinski definition) is 2. The van der Waals surface area contributed by atoms with Gasteiger partial charge in [0.15, 0.2) is 0 Å². The first-order valence-corrected chi connectivity index (χ1v) is 4.11. The van der Waals surface area contributed by atoms with Gasteiger partial charge in [0, 0.05) is 0 Å². The highest BCUT2D eigenvalue weighted by atomic mass is 35.5. The zero-order valence-corrected chi connectivity index (χ0v) is 6.62. The second-order valence-corrected chi connectivity index (χ2v) is 3.23. The van der Waals surface area contributed by atoms with E-state index in [-0.39, 0.29) is 0 Å². The number of para-hydroxylation sites is 1. The van der Waals surface area contributed by atoms with E-state index >= 15 is 0 Å². The molecule has 1 aromatic heterocycles. The van der Waals surface area contributed by atoms with Gasteiger partial charge in [0.05, 0.1) is 20.7 Å². The molecule has 0 radical (unpaired) electrons. The Morgan fingerprint density at radius 3 is 3.10 bits per heavy atom. The number of nitrogens with zero attached hydrogens (tertiary/aromatic N) is 1. The van der Waals surface area contributed by atoms with Gasteiger partial charge in [-0.25, -0.2) is 4.98 Å². The Bertz CT molecular complexity index is 355. The summed E-state index contributed by atoms with van der Waals surface area (Å²) in [6.45, 7) is 0. The summed E-state index contributed by atoms with van der Waals surface area (Å²) in [5, 5.41) is 0.735. The summed E-state index contributed by atoms with van der Waals surface area (Å²) in [6, 6.07) is 5.80. The number of halogens is 1. The predicted molar refractivity (Wildman–Crippen MR) is 44.6 cm³/mol. The standard InChI is InChI=1S/C7H4ClNS/c8-5-2-1-3-6-7(5)9-4-10-6/h1-4H. The van der Waals surface area contributed by atoms with Crippen LogP contribution in [0.3, 0.4) is 0 Å². The molecule has 2 rings (SSSR count). The van der Waals surface area contributed by atoms with Crippen molar-refractivity contribution >= 4 is 33.2 Å². The Morgan fingerprint density at radius 1 is 1.40 bits per heavy atom. The zero-order valence-electron chi connectivity index (χ0n) is 5.04. The minimum absolute atomic E-state index is 0.735. The quantitative estimate of drug-likeness (QED) is 0.591. The van der Waals surface area contributed by atoms with Gasteiger partial charge < -0.3 is 0 Å². The Balaban J connectivity index is 2.95. The van der Waals surface area contributed by atoms with E-state index in [1.807, 2.05) is 18.2 Å². The summed E-state index contributed by atoms with van der Waals surface area (Å²) < 4.78 is 1.15. The summed E-state index contributed by atoms with van der Waals surface area (Å²) in [5.41, 5.74) is 2.71. The Kier molecular flexibility index (Phi) is 1.36. The highest BCUT2D eigenvalue weighted by molar-refractivity contribution is 7.16. The molecular formula is C7H4ClNS. The molecule has 0 N–H and O–H groups in total. The highest BCUT2D eigenvalue weighted by Crippen LogP contribution is 2.24. The van der Waals surface area contributed by atoms with Crippen LogP contribution in [0.1, 0.15) is 0 Å². The van der Waals surface area contributed by atoms with Crippen molar-refractivity contribution in [3.8, 4) is 0 Å². The molecule has 0 atom stereocenters. The maximum Gasteiger partial charge on any atom is 0.0998 e. The maximum atomic E-state index is 5.84. The number of fused-ring (bicyclic) bond motifs is 1. The topological polar surface area (TPSA) is 12.9 Å². The molecule has 2 aromatic rings. The van der Waals surface area contributed by atoms with Gasteiger partial charge in [-0.05, 0) is 12.1 Å². The Hall–Kier alpha value is -0.600. The molecule has 10 heavy (non-hydrogen) atoms. The van der Waals surface area contributed by atoms with E-state index in [0.29, 0.717) is 0 Å². The molecule has 0 bridgehead atoms. The van der Waals surface area contributed by atoms with Crippen LogP contribution in [0, 0.1) is 0 Å². The van der Waals surface area contributed by atoms with Crippen LogP contribution in [-0.4, -0.2) is 4.98 Å². The van der Waals surface area contributed by atoms with Gasteiger partial charge in [-0.2, -0.15) is 0 Å². The summed E-state index contributed by atoms with van der Waals surface area (Å²) in [4.78, 5) is 4.10. The number of aromatic nitrogens is 1. The third-order valence-corrected chi connectivity index (χ3v) is 2.41. The van der Waals surface area contributed by atoms with Crippen LogP contribution in [-0.2, 0) is 0 Å². The van der Waals surface area contributed by atoms with Crippen LogP contribution in [0.4, 0.5) is 0 Å². The molecular weight excluding hydrogens is 166 g/mol. The number of thiazole rings is 1. The third kappa shape index (κ3) is 0.805. The van der Waals surface area contributed by atoms with Gasteiger partial charge in [0.2, 0.25) is 0 Å². The molecule has 1 aromatic carbocycles. The fourth-order valence-electron chi connectivity index (χ4n) is 0.852. The normalized spacial score (nSPS) is 10.5. The van der Waals surface area contributed by atoms with Crippen molar-refractivity contribution in [3.05, 3.63) is 28.7 Å². The molecule has 3 heteroatoms. The van der Waals surface area contributed by atoms with Gasteiger partial charge in [0.25, 0.3) is 0 Å². The lowest BCUT2D eigenvalue weighted by atomic mass is 10.3. The van der Waals surface area contributed by atoms with Crippen LogP contribution in [0.5, 0.6) is 0 Å². The molecule has 50 valence electrons. The molecule has 0 amide bonds. The maximum absolute atomic E-state index is 5.84. The average molecular weight is 170 g/mol. The van der Waals surface area contributed by atoms with Crippen molar-refractivity contribution in [2.75, 3.05) is 0 Å².